The second-order valence-corrected chi connectivity index (χ2v) is 6.87. The van der Waals surface area contributed by atoms with E-state index in [1.807, 2.05) is 6.07 Å². The molecule has 1 rings (SSSR count). The maximum atomic E-state index is 11.4. The highest BCUT2D eigenvalue weighted by Gasteiger charge is 2.31. The van der Waals surface area contributed by atoms with Crippen LogP contribution in [0.2, 0.25) is 0 Å². The summed E-state index contributed by atoms with van der Waals surface area (Å²) in [5.41, 5.74) is 1.11. The van der Waals surface area contributed by atoms with Gasteiger partial charge in [-0.15, -0.1) is 0 Å². The number of rotatable bonds is 6. The molecule has 5 heteroatoms. The van der Waals surface area contributed by atoms with E-state index in [0.29, 0.717) is 17.9 Å². The number of carbonyl (C=O) groups is 1. The molecule has 0 fully saturated rings. The molecule has 0 amide bonds. The van der Waals surface area contributed by atoms with Crippen LogP contribution in [0, 0.1) is 5.41 Å². The van der Waals surface area contributed by atoms with Crippen molar-refractivity contribution in [3.05, 3.63) is 21.7 Å². The normalized spacial score (nSPS) is 11.6. The molecule has 0 aromatic heterocycles. The topological polar surface area (TPSA) is 55.8 Å². The zero-order chi connectivity index (χ0) is 16.4. The van der Waals surface area contributed by atoms with Gasteiger partial charge >= 0.3 is 5.97 Å². The third-order valence-electron chi connectivity index (χ3n) is 3.51. The lowest BCUT2D eigenvalue weighted by atomic mass is 9.82. The van der Waals surface area contributed by atoms with Crippen molar-refractivity contribution in [2.45, 2.75) is 40.0 Å². The van der Waals surface area contributed by atoms with Crippen molar-refractivity contribution in [3.8, 4) is 11.5 Å². The Morgan fingerprint density at radius 2 is 1.81 bits per heavy atom. The molecule has 0 saturated heterocycles. The van der Waals surface area contributed by atoms with E-state index in [4.69, 9.17) is 9.47 Å². The molecule has 1 aromatic rings. The van der Waals surface area contributed by atoms with Gasteiger partial charge < -0.3 is 14.6 Å². The fraction of sp³-hybridized carbons (Fsp3) is 0.562. The average Bonchev–Trinajstić information content (AvgIpc) is 2.36. The molecule has 0 saturated carbocycles. The molecule has 0 aliphatic heterocycles. The number of aliphatic carboxylic acids is 1. The second kappa shape index (κ2) is 6.69. The van der Waals surface area contributed by atoms with Gasteiger partial charge in [-0.3, -0.25) is 4.79 Å². The zero-order valence-corrected chi connectivity index (χ0v) is 15.0. The third kappa shape index (κ3) is 3.70. The minimum Gasteiger partial charge on any atom is -0.493 e. The summed E-state index contributed by atoms with van der Waals surface area (Å²) in [5.74, 6) is 0.681. The number of ether oxygens (including phenoxy) is 2. The quantitative estimate of drug-likeness (QED) is 0.825. The van der Waals surface area contributed by atoms with E-state index in [9.17, 15) is 9.90 Å². The molecule has 0 aliphatic carbocycles. The maximum Gasteiger partial charge on any atom is 0.309 e. The fourth-order valence-electron chi connectivity index (χ4n) is 2.40. The van der Waals surface area contributed by atoms with Crippen molar-refractivity contribution < 1.29 is 19.4 Å². The van der Waals surface area contributed by atoms with Crippen LogP contribution in [0.25, 0.3) is 0 Å². The van der Waals surface area contributed by atoms with Gasteiger partial charge in [0.25, 0.3) is 0 Å². The van der Waals surface area contributed by atoms with Crippen molar-refractivity contribution in [1.29, 1.82) is 0 Å². The molecule has 0 atom stereocenters. The van der Waals surface area contributed by atoms with Crippen molar-refractivity contribution >= 4 is 21.9 Å². The first-order chi connectivity index (χ1) is 9.65. The average molecular weight is 359 g/mol. The molecule has 0 unspecified atom stereocenters. The van der Waals surface area contributed by atoms with Gasteiger partial charge in [-0.05, 0) is 53.7 Å². The molecule has 0 aliphatic rings. The third-order valence-corrected chi connectivity index (χ3v) is 4.10. The Hall–Kier alpha value is -1.23. The monoisotopic (exact) mass is 358 g/mol. The summed E-state index contributed by atoms with van der Waals surface area (Å²) in [5, 5.41) is 9.36. The summed E-state index contributed by atoms with van der Waals surface area (Å²) in [6, 6.07) is 1.93. The van der Waals surface area contributed by atoms with Crippen LogP contribution >= 0.6 is 15.9 Å². The lowest BCUT2D eigenvalue weighted by Gasteiger charge is -2.25. The zero-order valence-electron chi connectivity index (χ0n) is 13.4. The van der Waals surface area contributed by atoms with Crippen LogP contribution in [0.4, 0.5) is 0 Å². The molecule has 4 nitrogen and oxygen atoms in total. The number of hydrogen-bond donors (Lipinski definition) is 1. The molecule has 0 spiro atoms. The molecule has 0 radical (unpaired) electrons. The van der Waals surface area contributed by atoms with E-state index >= 15 is 0 Å². The molecule has 1 N–H and O–H groups in total. The van der Waals surface area contributed by atoms with E-state index in [-0.39, 0.29) is 5.92 Å². The van der Waals surface area contributed by atoms with E-state index in [1.165, 1.54) is 0 Å². The van der Waals surface area contributed by atoms with Crippen molar-refractivity contribution in [3.63, 3.8) is 0 Å². The molecular weight excluding hydrogens is 336 g/mol. The fourth-order valence-corrected chi connectivity index (χ4v) is 3.01. The summed E-state index contributed by atoms with van der Waals surface area (Å²) >= 11 is 3.47. The van der Waals surface area contributed by atoms with Crippen LogP contribution in [0.1, 0.15) is 44.7 Å². The van der Waals surface area contributed by atoms with Crippen LogP contribution in [0.3, 0.4) is 0 Å². The number of carboxylic acid groups (broad SMARTS) is 1. The standard InChI is InChI=1S/C16H23BrO4/c1-9(2)12-10(8-16(3,4)15(18)19)7-11(17)13(20-5)14(12)21-6/h7,9H,8H2,1-6H3,(H,18,19). The van der Waals surface area contributed by atoms with Crippen LogP contribution in [-0.2, 0) is 11.2 Å². The number of benzene rings is 1. The van der Waals surface area contributed by atoms with Gasteiger partial charge in [0.2, 0.25) is 0 Å². The van der Waals surface area contributed by atoms with Gasteiger partial charge in [-0.25, -0.2) is 0 Å². The molecule has 0 bridgehead atoms. The SMILES string of the molecule is COc1c(Br)cc(CC(C)(C)C(=O)O)c(C(C)C)c1OC. The largest absolute Gasteiger partial charge is 0.493 e. The summed E-state index contributed by atoms with van der Waals surface area (Å²) < 4.78 is 11.7. The summed E-state index contributed by atoms with van der Waals surface area (Å²) in [4.78, 5) is 11.4. The smallest absolute Gasteiger partial charge is 0.309 e. The highest BCUT2D eigenvalue weighted by atomic mass is 79.9. The Bertz CT molecular complexity index is 536. The van der Waals surface area contributed by atoms with E-state index in [2.05, 4.69) is 29.8 Å². The van der Waals surface area contributed by atoms with Gasteiger partial charge in [-0.2, -0.15) is 0 Å². The summed E-state index contributed by atoms with van der Waals surface area (Å²) in [6.07, 6.45) is 0.425. The summed E-state index contributed by atoms with van der Waals surface area (Å²) in [6.45, 7) is 7.57. The van der Waals surface area contributed by atoms with Crippen molar-refractivity contribution in [2.75, 3.05) is 14.2 Å². The van der Waals surface area contributed by atoms with Crippen LogP contribution < -0.4 is 9.47 Å². The lowest BCUT2D eigenvalue weighted by Crippen LogP contribution is -2.27. The number of carboxylic acids is 1. The predicted octanol–water partition coefficient (Wildman–Crippen LogP) is 4.24. The minimum absolute atomic E-state index is 0.196. The minimum atomic E-state index is -0.845. The van der Waals surface area contributed by atoms with Gasteiger partial charge in [0.1, 0.15) is 0 Å². The Kier molecular flexibility index (Phi) is 5.68. The Morgan fingerprint density at radius 1 is 1.29 bits per heavy atom. The predicted molar refractivity (Wildman–Crippen MR) is 86.5 cm³/mol. The Balaban J connectivity index is 3.52. The second-order valence-electron chi connectivity index (χ2n) is 6.02. The highest BCUT2D eigenvalue weighted by molar-refractivity contribution is 9.10. The van der Waals surface area contributed by atoms with Crippen LogP contribution in [0.15, 0.2) is 10.5 Å². The molecule has 21 heavy (non-hydrogen) atoms. The number of hydrogen-bond acceptors (Lipinski definition) is 3. The number of methoxy groups -OCH3 is 2. The highest BCUT2D eigenvalue weighted by Crippen LogP contribution is 2.44. The van der Waals surface area contributed by atoms with E-state index in [0.717, 1.165) is 15.6 Å². The van der Waals surface area contributed by atoms with E-state index < -0.39 is 11.4 Å². The Labute approximate surface area is 134 Å². The summed E-state index contributed by atoms with van der Waals surface area (Å²) in [7, 11) is 3.19. The molecule has 0 heterocycles. The maximum absolute atomic E-state index is 11.4. The first-order valence-electron chi connectivity index (χ1n) is 6.82. The molecule has 1 aromatic carbocycles. The molecular formula is C16H23BrO4. The van der Waals surface area contributed by atoms with Gasteiger partial charge in [-0.1, -0.05) is 13.8 Å². The van der Waals surface area contributed by atoms with Crippen LogP contribution in [-0.4, -0.2) is 25.3 Å². The van der Waals surface area contributed by atoms with Crippen molar-refractivity contribution in [2.24, 2.45) is 5.41 Å². The first-order valence-corrected chi connectivity index (χ1v) is 7.61. The number of halogens is 1. The van der Waals surface area contributed by atoms with Crippen molar-refractivity contribution in [1.82, 2.24) is 0 Å². The molecule has 118 valence electrons. The van der Waals surface area contributed by atoms with E-state index in [1.54, 1.807) is 28.1 Å². The van der Waals surface area contributed by atoms with Gasteiger partial charge in [0.05, 0.1) is 24.1 Å². The Morgan fingerprint density at radius 3 is 2.19 bits per heavy atom. The van der Waals surface area contributed by atoms with Gasteiger partial charge in [0, 0.05) is 5.56 Å². The lowest BCUT2D eigenvalue weighted by molar-refractivity contribution is -0.146. The first kappa shape index (κ1) is 17.8. The van der Waals surface area contributed by atoms with Crippen LogP contribution in [0.5, 0.6) is 11.5 Å². The van der Waals surface area contributed by atoms with Gasteiger partial charge in [0.15, 0.2) is 11.5 Å².